The van der Waals surface area contributed by atoms with Gasteiger partial charge in [0.25, 0.3) is 0 Å². The van der Waals surface area contributed by atoms with E-state index in [1.54, 1.807) is 58.1 Å². The van der Waals surface area contributed by atoms with Crippen LogP contribution in [0.25, 0.3) is 11.2 Å². The highest BCUT2D eigenvalue weighted by atomic mass is 19.2. The molecule has 0 bridgehead atoms. The first-order valence-electron chi connectivity index (χ1n) is 13.8. The molecule has 0 aliphatic carbocycles. The molecule has 0 saturated carbocycles. The zero-order valence-electron chi connectivity index (χ0n) is 22.8. The van der Waals surface area contributed by atoms with Crippen LogP contribution < -0.4 is 11.0 Å². The highest BCUT2D eigenvalue weighted by molar-refractivity contribution is 5.87. The Labute approximate surface area is 235 Å². The normalized spacial score (nSPS) is 20.8. The van der Waals surface area contributed by atoms with E-state index < -0.39 is 23.6 Å². The molecule has 216 valence electrons. The Kier molecular flexibility index (Phi) is 8.55. The summed E-state index contributed by atoms with van der Waals surface area (Å²) in [5, 5.41) is 2.89. The zero-order valence-corrected chi connectivity index (χ0v) is 22.8. The number of rotatable bonds is 6. The van der Waals surface area contributed by atoms with Gasteiger partial charge in [-0.15, -0.1) is 0 Å². The van der Waals surface area contributed by atoms with Gasteiger partial charge in [-0.3, -0.25) is 19.3 Å². The van der Waals surface area contributed by atoms with Crippen LogP contribution in [0.4, 0.5) is 13.6 Å². The van der Waals surface area contributed by atoms with Gasteiger partial charge in [-0.05, 0) is 62.4 Å². The molecule has 3 aromatic rings. The average Bonchev–Trinajstić information content (AvgIpc) is 3.24. The molecule has 1 aromatic carbocycles. The highest BCUT2D eigenvalue weighted by Gasteiger charge is 2.35. The van der Waals surface area contributed by atoms with E-state index in [0.29, 0.717) is 38.0 Å². The maximum absolute atomic E-state index is 14.7. The van der Waals surface area contributed by atoms with Gasteiger partial charge in [-0.1, -0.05) is 12.1 Å². The number of nitrogens with zero attached hydrogens (tertiary/aromatic N) is 5. The number of likely N-dealkylation sites (tertiary alicyclic amines) is 2. The molecule has 0 spiro atoms. The summed E-state index contributed by atoms with van der Waals surface area (Å²) in [6.07, 6.45) is 8.35. The lowest BCUT2D eigenvalue weighted by Crippen LogP contribution is -2.53. The summed E-state index contributed by atoms with van der Waals surface area (Å²) in [5.41, 5.74) is 1.25. The molecule has 10 nitrogen and oxygen atoms in total. The highest BCUT2D eigenvalue weighted by Crippen LogP contribution is 2.30. The van der Waals surface area contributed by atoms with Gasteiger partial charge >= 0.3 is 11.7 Å². The van der Waals surface area contributed by atoms with Crippen molar-refractivity contribution in [3.05, 3.63) is 76.5 Å². The topological polar surface area (TPSA) is 116 Å². The number of aromatic nitrogens is 3. The number of carbonyl (C=O) groups is 2. The van der Waals surface area contributed by atoms with Crippen molar-refractivity contribution in [2.24, 2.45) is 4.99 Å². The van der Waals surface area contributed by atoms with Gasteiger partial charge in [0.05, 0.1) is 5.52 Å². The number of aliphatic imine (C=N–C) groups is 1. The maximum Gasteiger partial charge on any atom is 0.327 e. The van der Waals surface area contributed by atoms with Crippen LogP contribution >= 0.6 is 0 Å². The van der Waals surface area contributed by atoms with Crippen LogP contribution in [0.1, 0.15) is 50.1 Å². The molecule has 5 rings (SSSR count). The molecule has 2 aliphatic rings. The Balaban J connectivity index is 1.27. The monoisotopic (exact) mass is 565 g/mol. The first-order valence-corrected chi connectivity index (χ1v) is 13.8. The number of nitrogens with one attached hydrogen (secondary N) is 2. The van der Waals surface area contributed by atoms with Gasteiger partial charge in [0.1, 0.15) is 6.04 Å². The molecule has 0 radical (unpaired) electrons. The van der Waals surface area contributed by atoms with Crippen molar-refractivity contribution >= 4 is 29.3 Å². The number of H-pyrrole nitrogens is 1. The van der Waals surface area contributed by atoms with Crippen molar-refractivity contribution in [2.45, 2.75) is 50.6 Å². The number of amides is 3. The van der Waals surface area contributed by atoms with Crippen LogP contribution in [0.5, 0.6) is 0 Å². The number of urea groups is 1. The standard InChI is InChI=1S/C29H33F2N7O3/c1-2-32-13-5-15-37-18-19(21-6-3-7-22(30)25(21)31)9-10-23(27(37)39)34-28(40)36-16-11-20(12-17-36)38-24-8-4-14-33-26(24)35-29(38)41/h2-8,13-14,19-20,23H,9-12,15-18H2,1H3,(H,34,40)(H,33,35,41)/b13-5-,32-2?. The first-order chi connectivity index (χ1) is 19.9. The van der Waals surface area contributed by atoms with Crippen LogP contribution in [0.2, 0.25) is 0 Å². The van der Waals surface area contributed by atoms with Crippen molar-refractivity contribution in [3.63, 3.8) is 0 Å². The Morgan fingerprint density at radius 2 is 1.95 bits per heavy atom. The summed E-state index contributed by atoms with van der Waals surface area (Å²) in [5.74, 6) is -2.55. The van der Waals surface area contributed by atoms with E-state index in [9.17, 15) is 23.2 Å². The van der Waals surface area contributed by atoms with Crippen LogP contribution in [0, 0.1) is 11.6 Å². The number of benzene rings is 1. The molecular weight excluding hydrogens is 532 g/mol. The third kappa shape index (κ3) is 6.06. The Morgan fingerprint density at radius 1 is 1.15 bits per heavy atom. The number of aromatic amines is 1. The second kappa shape index (κ2) is 12.4. The lowest BCUT2D eigenvalue weighted by Gasteiger charge is -2.33. The maximum atomic E-state index is 14.7. The number of hydrogen-bond acceptors (Lipinski definition) is 5. The zero-order chi connectivity index (χ0) is 28.9. The van der Waals surface area contributed by atoms with Gasteiger partial charge in [0.2, 0.25) is 5.91 Å². The van der Waals surface area contributed by atoms with E-state index in [2.05, 4.69) is 20.3 Å². The summed E-state index contributed by atoms with van der Waals surface area (Å²) in [6.45, 7) is 3.00. The molecule has 2 aromatic heterocycles. The van der Waals surface area contributed by atoms with E-state index in [1.807, 2.05) is 6.07 Å². The van der Waals surface area contributed by atoms with Gasteiger partial charge in [-0.25, -0.2) is 23.4 Å². The third-order valence-electron chi connectivity index (χ3n) is 7.85. The number of hydrogen-bond donors (Lipinski definition) is 2. The number of carbonyl (C=O) groups excluding carboxylic acids is 2. The van der Waals surface area contributed by atoms with Crippen LogP contribution in [-0.4, -0.2) is 74.7 Å². The molecule has 2 unspecified atom stereocenters. The fourth-order valence-electron chi connectivity index (χ4n) is 5.76. The largest absolute Gasteiger partial charge is 0.337 e. The Hall–Kier alpha value is -4.35. The second-order valence-corrected chi connectivity index (χ2v) is 10.3. The molecule has 4 heterocycles. The molecule has 2 aliphatic heterocycles. The average molecular weight is 566 g/mol. The van der Waals surface area contributed by atoms with Gasteiger partial charge < -0.3 is 15.1 Å². The van der Waals surface area contributed by atoms with E-state index in [-0.39, 0.29) is 48.7 Å². The van der Waals surface area contributed by atoms with Gasteiger partial charge in [-0.2, -0.15) is 0 Å². The van der Waals surface area contributed by atoms with Crippen LogP contribution in [0.15, 0.2) is 58.6 Å². The smallest absolute Gasteiger partial charge is 0.327 e. The molecule has 2 atom stereocenters. The fraction of sp³-hybridized carbons (Fsp3) is 0.414. The SMILES string of the molecule is CC=N/C=C\CN1CC(c2cccc(F)c2F)CCC(NC(=O)N2CCC(n3c(=O)[nH]c4ncccc43)CC2)C1=O. The van der Waals surface area contributed by atoms with Crippen molar-refractivity contribution in [1.82, 2.24) is 29.7 Å². The minimum atomic E-state index is -0.929. The number of halogens is 2. The van der Waals surface area contributed by atoms with Crippen molar-refractivity contribution < 1.29 is 18.4 Å². The summed E-state index contributed by atoms with van der Waals surface area (Å²) < 4.78 is 30.4. The van der Waals surface area contributed by atoms with Crippen LogP contribution in [0.3, 0.4) is 0 Å². The fourth-order valence-corrected chi connectivity index (χ4v) is 5.76. The molecule has 2 saturated heterocycles. The van der Waals surface area contributed by atoms with E-state index in [4.69, 9.17) is 0 Å². The second-order valence-electron chi connectivity index (χ2n) is 10.3. The van der Waals surface area contributed by atoms with E-state index >= 15 is 0 Å². The van der Waals surface area contributed by atoms with Crippen LogP contribution in [-0.2, 0) is 4.79 Å². The summed E-state index contributed by atoms with van der Waals surface area (Å²) in [6, 6.07) is 6.44. The van der Waals surface area contributed by atoms with Gasteiger partial charge in [0, 0.05) is 56.8 Å². The Morgan fingerprint density at radius 3 is 2.73 bits per heavy atom. The predicted octanol–water partition coefficient (Wildman–Crippen LogP) is 3.73. The molecule has 2 N–H and O–H groups in total. The van der Waals surface area contributed by atoms with Gasteiger partial charge in [0.15, 0.2) is 17.3 Å². The number of pyridine rings is 1. The minimum Gasteiger partial charge on any atom is -0.337 e. The Bertz CT molecular complexity index is 1520. The van der Waals surface area contributed by atoms with E-state index in [0.717, 1.165) is 11.6 Å². The van der Waals surface area contributed by atoms with Crippen molar-refractivity contribution in [3.8, 4) is 0 Å². The molecular formula is C29H33F2N7O3. The van der Waals surface area contributed by atoms with Crippen molar-refractivity contribution in [2.75, 3.05) is 26.2 Å². The molecule has 12 heteroatoms. The summed E-state index contributed by atoms with van der Waals surface area (Å²) >= 11 is 0. The quantitative estimate of drug-likeness (QED) is 0.443. The first kappa shape index (κ1) is 28.2. The number of imidazole rings is 1. The number of piperidine rings is 1. The predicted molar refractivity (Wildman–Crippen MR) is 151 cm³/mol. The van der Waals surface area contributed by atoms with Crippen molar-refractivity contribution in [1.29, 1.82) is 0 Å². The van der Waals surface area contributed by atoms with E-state index in [1.165, 1.54) is 6.07 Å². The summed E-state index contributed by atoms with van der Waals surface area (Å²) in [4.78, 5) is 53.6. The number of fused-ring (bicyclic) bond motifs is 1. The lowest BCUT2D eigenvalue weighted by molar-refractivity contribution is -0.132. The lowest BCUT2D eigenvalue weighted by atomic mass is 9.93. The summed E-state index contributed by atoms with van der Waals surface area (Å²) in [7, 11) is 0. The molecule has 2 fully saturated rings. The molecule has 41 heavy (non-hydrogen) atoms. The third-order valence-corrected chi connectivity index (χ3v) is 7.85. The molecule has 3 amide bonds. The minimum absolute atomic E-state index is 0.0843.